The summed E-state index contributed by atoms with van der Waals surface area (Å²) >= 11 is 1.34. The van der Waals surface area contributed by atoms with Crippen LogP contribution in [0, 0.1) is 17.8 Å². The van der Waals surface area contributed by atoms with Gasteiger partial charge in [0.25, 0.3) is 0 Å². The monoisotopic (exact) mass is 264 g/mol. The lowest BCUT2D eigenvalue weighted by atomic mass is 9.89. The van der Waals surface area contributed by atoms with Gasteiger partial charge in [-0.1, -0.05) is 42.4 Å². The topological polar surface area (TPSA) is 62.2 Å². The Hall–Kier alpha value is -1.38. The Kier molecular flexibility index (Phi) is 4.73. The molecule has 0 spiro atoms. The summed E-state index contributed by atoms with van der Waals surface area (Å²) in [7, 11) is 0. The minimum atomic E-state index is -0.165. The first kappa shape index (κ1) is 13.1. The van der Waals surface area contributed by atoms with E-state index in [1.807, 2.05) is 0 Å². The smallest absolute Gasteiger partial charge is 0.229 e. The number of anilines is 1. The van der Waals surface area contributed by atoms with Crippen molar-refractivity contribution in [3.05, 3.63) is 11.1 Å². The average Bonchev–Trinajstić information content (AvgIpc) is 2.85. The molecule has 18 heavy (non-hydrogen) atoms. The number of rotatable bonds is 2. The summed E-state index contributed by atoms with van der Waals surface area (Å²) < 4.78 is 0. The molecular formula is C13H16N2O2S. The summed E-state index contributed by atoms with van der Waals surface area (Å²) in [5.74, 6) is 5.54. The van der Waals surface area contributed by atoms with Crippen LogP contribution in [0.5, 0.6) is 0 Å². The van der Waals surface area contributed by atoms with Crippen molar-refractivity contribution in [3.63, 3.8) is 0 Å². The lowest BCUT2D eigenvalue weighted by Crippen LogP contribution is -2.24. The van der Waals surface area contributed by atoms with E-state index in [4.69, 9.17) is 5.11 Å². The van der Waals surface area contributed by atoms with Gasteiger partial charge in [-0.05, 0) is 12.8 Å². The molecule has 2 N–H and O–H groups in total. The third-order valence-electron chi connectivity index (χ3n) is 3.00. The predicted molar refractivity (Wildman–Crippen MR) is 71.3 cm³/mol. The fourth-order valence-corrected chi connectivity index (χ4v) is 2.78. The molecule has 0 aliphatic heterocycles. The van der Waals surface area contributed by atoms with Crippen LogP contribution in [-0.2, 0) is 4.79 Å². The molecule has 0 radical (unpaired) electrons. The second-order valence-electron chi connectivity index (χ2n) is 4.31. The van der Waals surface area contributed by atoms with Gasteiger partial charge in [0.2, 0.25) is 5.91 Å². The molecule has 0 saturated heterocycles. The molecule has 1 amide bonds. The Labute approximate surface area is 110 Å². The normalized spacial score (nSPS) is 15.8. The molecule has 1 aliphatic rings. The number of thiazole rings is 1. The molecule has 96 valence electrons. The molecule has 1 saturated carbocycles. The first-order valence-corrected chi connectivity index (χ1v) is 6.97. The summed E-state index contributed by atoms with van der Waals surface area (Å²) in [4.78, 5) is 16.8. The Bertz CT molecular complexity index is 467. The fourth-order valence-electron chi connectivity index (χ4n) is 2.09. The van der Waals surface area contributed by atoms with E-state index in [9.17, 15) is 4.79 Å². The van der Waals surface area contributed by atoms with E-state index < -0.39 is 0 Å². The highest BCUT2D eigenvalue weighted by Crippen LogP contribution is 2.25. The third kappa shape index (κ3) is 3.56. The van der Waals surface area contributed by atoms with E-state index in [-0.39, 0.29) is 18.4 Å². The second-order valence-corrected chi connectivity index (χ2v) is 5.34. The quantitative estimate of drug-likeness (QED) is 0.803. The van der Waals surface area contributed by atoms with Gasteiger partial charge in [-0.15, -0.1) is 0 Å². The summed E-state index contributed by atoms with van der Waals surface area (Å²) in [6, 6.07) is 0. The Balaban J connectivity index is 1.92. The molecule has 2 rings (SSSR count). The number of nitrogens with one attached hydrogen (secondary N) is 1. The Morgan fingerprint density at radius 2 is 2.28 bits per heavy atom. The standard InChI is InChI=1S/C13H16N2O2S/c16-8-4-7-11-9-14-13(18-11)15-12(17)10-5-2-1-3-6-10/h9-10,16H,1-3,5-6,8H2,(H,14,15,17). The van der Waals surface area contributed by atoms with Crippen molar-refractivity contribution in [2.24, 2.45) is 5.92 Å². The number of hydrogen-bond acceptors (Lipinski definition) is 4. The van der Waals surface area contributed by atoms with E-state index in [1.165, 1.54) is 17.8 Å². The van der Waals surface area contributed by atoms with E-state index in [2.05, 4.69) is 22.1 Å². The van der Waals surface area contributed by atoms with Crippen molar-refractivity contribution in [1.29, 1.82) is 0 Å². The van der Waals surface area contributed by atoms with Crippen molar-refractivity contribution in [2.45, 2.75) is 32.1 Å². The number of hydrogen-bond donors (Lipinski definition) is 2. The van der Waals surface area contributed by atoms with Crippen LogP contribution >= 0.6 is 11.3 Å². The molecule has 0 aromatic carbocycles. The molecule has 0 unspecified atom stereocenters. The van der Waals surface area contributed by atoms with Crippen LogP contribution in [0.3, 0.4) is 0 Å². The van der Waals surface area contributed by atoms with Crippen molar-refractivity contribution >= 4 is 22.4 Å². The molecule has 1 aromatic heterocycles. The first-order valence-electron chi connectivity index (χ1n) is 6.16. The van der Waals surface area contributed by atoms with Gasteiger partial charge in [-0.25, -0.2) is 4.98 Å². The summed E-state index contributed by atoms with van der Waals surface area (Å²) in [6.45, 7) is -0.165. The fraction of sp³-hybridized carbons (Fsp3) is 0.538. The van der Waals surface area contributed by atoms with Gasteiger partial charge in [0.05, 0.1) is 11.1 Å². The number of aliphatic hydroxyl groups is 1. The average molecular weight is 264 g/mol. The zero-order valence-corrected chi connectivity index (χ0v) is 10.9. The molecule has 0 bridgehead atoms. The molecule has 1 fully saturated rings. The van der Waals surface area contributed by atoms with Crippen LogP contribution in [0.15, 0.2) is 6.20 Å². The highest BCUT2D eigenvalue weighted by Gasteiger charge is 2.21. The number of carbonyl (C=O) groups excluding carboxylic acids is 1. The largest absolute Gasteiger partial charge is 0.384 e. The SMILES string of the molecule is O=C(Nc1ncc(C#CCO)s1)C1CCCCC1. The highest BCUT2D eigenvalue weighted by atomic mass is 32.1. The molecule has 1 aliphatic carbocycles. The maximum Gasteiger partial charge on any atom is 0.229 e. The molecule has 0 atom stereocenters. The van der Waals surface area contributed by atoms with Crippen LogP contribution in [0.4, 0.5) is 5.13 Å². The van der Waals surface area contributed by atoms with Crippen LogP contribution < -0.4 is 5.32 Å². The van der Waals surface area contributed by atoms with E-state index in [0.717, 1.165) is 30.6 Å². The van der Waals surface area contributed by atoms with E-state index >= 15 is 0 Å². The molecule has 5 heteroatoms. The van der Waals surface area contributed by atoms with Crippen LogP contribution in [0.1, 0.15) is 37.0 Å². The zero-order chi connectivity index (χ0) is 12.8. The third-order valence-corrected chi connectivity index (χ3v) is 3.83. The predicted octanol–water partition coefficient (Wildman–Crippen LogP) is 2.01. The lowest BCUT2D eigenvalue weighted by molar-refractivity contribution is -0.120. The summed E-state index contributed by atoms with van der Waals surface area (Å²) in [5, 5.41) is 12.0. The van der Waals surface area contributed by atoms with Crippen LogP contribution in [0.2, 0.25) is 0 Å². The number of aliphatic hydroxyl groups excluding tert-OH is 1. The summed E-state index contributed by atoms with van der Waals surface area (Å²) in [5.41, 5.74) is 0. The minimum absolute atomic E-state index is 0.0747. The molecule has 1 heterocycles. The maximum absolute atomic E-state index is 12.0. The van der Waals surface area contributed by atoms with Gasteiger partial charge in [0.15, 0.2) is 5.13 Å². The van der Waals surface area contributed by atoms with Crippen molar-refractivity contribution in [1.82, 2.24) is 4.98 Å². The second kappa shape index (κ2) is 6.53. The van der Waals surface area contributed by atoms with Crippen molar-refractivity contribution < 1.29 is 9.90 Å². The Morgan fingerprint density at radius 3 is 3.00 bits per heavy atom. The van der Waals surface area contributed by atoms with Crippen LogP contribution in [0.25, 0.3) is 0 Å². The van der Waals surface area contributed by atoms with Gasteiger partial charge < -0.3 is 10.4 Å². The molecule has 1 aromatic rings. The number of aromatic nitrogens is 1. The van der Waals surface area contributed by atoms with Gasteiger partial charge in [-0.3, -0.25) is 4.79 Å². The van der Waals surface area contributed by atoms with E-state index in [1.54, 1.807) is 6.20 Å². The van der Waals surface area contributed by atoms with Crippen LogP contribution in [-0.4, -0.2) is 22.6 Å². The van der Waals surface area contributed by atoms with Crippen molar-refractivity contribution in [3.8, 4) is 11.8 Å². The minimum Gasteiger partial charge on any atom is -0.384 e. The van der Waals surface area contributed by atoms with Gasteiger partial charge >= 0.3 is 0 Å². The zero-order valence-electron chi connectivity index (χ0n) is 10.1. The number of carbonyl (C=O) groups is 1. The summed E-state index contributed by atoms with van der Waals surface area (Å²) in [6.07, 6.45) is 7.10. The molecule has 4 nitrogen and oxygen atoms in total. The van der Waals surface area contributed by atoms with Crippen molar-refractivity contribution in [2.75, 3.05) is 11.9 Å². The van der Waals surface area contributed by atoms with Gasteiger partial charge in [-0.2, -0.15) is 0 Å². The molecular weight excluding hydrogens is 248 g/mol. The number of amides is 1. The van der Waals surface area contributed by atoms with E-state index in [0.29, 0.717) is 5.13 Å². The van der Waals surface area contributed by atoms with Gasteiger partial charge in [0.1, 0.15) is 6.61 Å². The highest BCUT2D eigenvalue weighted by molar-refractivity contribution is 7.16. The first-order chi connectivity index (χ1) is 8.79. The maximum atomic E-state index is 12.0. The lowest BCUT2D eigenvalue weighted by Gasteiger charge is -2.19. The van der Waals surface area contributed by atoms with Gasteiger partial charge in [0, 0.05) is 5.92 Å². The number of nitrogens with zero attached hydrogens (tertiary/aromatic N) is 1. The Morgan fingerprint density at radius 1 is 1.50 bits per heavy atom.